The van der Waals surface area contributed by atoms with Crippen molar-refractivity contribution in [2.45, 2.75) is 26.3 Å². The average Bonchev–Trinajstić information content (AvgIpc) is 3.07. The monoisotopic (exact) mass is 291 g/mol. The Morgan fingerprint density at radius 3 is 2.90 bits per heavy atom. The summed E-state index contributed by atoms with van der Waals surface area (Å²) in [6, 6.07) is 1.26. The van der Waals surface area contributed by atoms with Crippen LogP contribution in [0.15, 0.2) is 24.7 Å². The van der Waals surface area contributed by atoms with Gasteiger partial charge in [-0.05, 0) is 13.8 Å². The van der Waals surface area contributed by atoms with Crippen molar-refractivity contribution in [3.63, 3.8) is 0 Å². The molecule has 2 aromatic heterocycles. The van der Waals surface area contributed by atoms with E-state index < -0.39 is 4.92 Å². The van der Waals surface area contributed by atoms with E-state index in [4.69, 9.17) is 0 Å². The van der Waals surface area contributed by atoms with E-state index in [0.717, 1.165) is 5.82 Å². The molecule has 8 heteroatoms. The first kappa shape index (κ1) is 14.8. The zero-order chi connectivity index (χ0) is 15.4. The number of H-pyrrole nitrogens is 1. The first-order valence-electron chi connectivity index (χ1n) is 6.61. The Labute approximate surface area is 121 Å². The van der Waals surface area contributed by atoms with Gasteiger partial charge >= 0.3 is 0 Å². The van der Waals surface area contributed by atoms with Gasteiger partial charge in [0.2, 0.25) is 0 Å². The third kappa shape index (κ3) is 3.47. The smallest absolute Gasteiger partial charge is 0.287 e. The van der Waals surface area contributed by atoms with Gasteiger partial charge in [-0.25, -0.2) is 4.98 Å². The fourth-order valence-corrected chi connectivity index (χ4v) is 1.99. The Morgan fingerprint density at radius 1 is 1.57 bits per heavy atom. The zero-order valence-corrected chi connectivity index (χ0v) is 11.9. The lowest BCUT2D eigenvalue weighted by atomic mass is 10.3. The van der Waals surface area contributed by atoms with E-state index in [1.165, 1.54) is 12.3 Å². The van der Waals surface area contributed by atoms with Crippen molar-refractivity contribution in [2.75, 3.05) is 6.54 Å². The average molecular weight is 291 g/mol. The summed E-state index contributed by atoms with van der Waals surface area (Å²) in [5, 5.41) is 13.6. The van der Waals surface area contributed by atoms with E-state index in [0.29, 0.717) is 13.0 Å². The standard InChI is InChI=1S/C13H17N5O3/c1-9(2)17-8-10(18(20)21)7-11(17)13(19)16-4-3-12-14-5-6-15-12/h5-9H,3-4H2,1-2H3,(H,14,15)(H,16,19). The molecule has 0 aliphatic heterocycles. The molecule has 0 spiro atoms. The second-order valence-electron chi connectivity index (χ2n) is 4.88. The van der Waals surface area contributed by atoms with E-state index in [-0.39, 0.29) is 23.3 Å². The van der Waals surface area contributed by atoms with Gasteiger partial charge in [0.15, 0.2) is 0 Å². The van der Waals surface area contributed by atoms with Gasteiger partial charge in [-0.1, -0.05) is 0 Å². The number of carbonyl (C=O) groups is 1. The molecule has 0 atom stereocenters. The van der Waals surface area contributed by atoms with E-state index >= 15 is 0 Å². The van der Waals surface area contributed by atoms with Gasteiger partial charge in [0, 0.05) is 37.5 Å². The maximum Gasteiger partial charge on any atom is 0.287 e. The molecule has 0 fully saturated rings. The summed E-state index contributed by atoms with van der Waals surface area (Å²) in [6.45, 7) is 4.14. The maximum absolute atomic E-state index is 12.1. The molecule has 2 rings (SSSR count). The number of hydrogen-bond acceptors (Lipinski definition) is 4. The van der Waals surface area contributed by atoms with Gasteiger partial charge in [0.05, 0.1) is 11.1 Å². The first-order valence-corrected chi connectivity index (χ1v) is 6.61. The maximum atomic E-state index is 12.1. The second-order valence-corrected chi connectivity index (χ2v) is 4.88. The van der Waals surface area contributed by atoms with Crippen molar-refractivity contribution in [3.8, 4) is 0 Å². The number of imidazole rings is 1. The summed E-state index contributed by atoms with van der Waals surface area (Å²) in [5.41, 5.74) is 0.205. The molecule has 2 N–H and O–H groups in total. The molecule has 0 saturated carbocycles. The molecular formula is C13H17N5O3. The summed E-state index contributed by atoms with van der Waals surface area (Å²) >= 11 is 0. The van der Waals surface area contributed by atoms with E-state index in [1.807, 2.05) is 13.8 Å². The molecule has 0 aliphatic rings. The molecule has 0 radical (unpaired) electrons. The largest absolute Gasteiger partial charge is 0.350 e. The molecule has 0 saturated heterocycles. The minimum Gasteiger partial charge on any atom is -0.350 e. The summed E-state index contributed by atoms with van der Waals surface area (Å²) in [6.07, 6.45) is 5.31. The molecule has 8 nitrogen and oxygen atoms in total. The number of amides is 1. The lowest BCUT2D eigenvalue weighted by Gasteiger charge is -2.11. The summed E-state index contributed by atoms with van der Waals surface area (Å²) in [4.78, 5) is 29.5. The van der Waals surface area contributed by atoms with Crippen LogP contribution in [-0.4, -0.2) is 31.9 Å². The number of nitrogens with one attached hydrogen (secondary N) is 2. The molecule has 2 aromatic rings. The van der Waals surface area contributed by atoms with Crippen LogP contribution >= 0.6 is 0 Å². The highest BCUT2D eigenvalue weighted by Crippen LogP contribution is 2.20. The molecule has 0 aliphatic carbocycles. The highest BCUT2D eigenvalue weighted by Gasteiger charge is 2.20. The van der Waals surface area contributed by atoms with Gasteiger partial charge in [-0.2, -0.15) is 0 Å². The number of nitro groups is 1. The molecule has 0 aromatic carbocycles. The zero-order valence-electron chi connectivity index (χ0n) is 11.9. The van der Waals surface area contributed by atoms with Crippen LogP contribution in [-0.2, 0) is 6.42 Å². The number of hydrogen-bond donors (Lipinski definition) is 2. The van der Waals surface area contributed by atoms with Crippen molar-refractivity contribution >= 4 is 11.6 Å². The number of carbonyl (C=O) groups excluding carboxylic acids is 1. The van der Waals surface area contributed by atoms with Crippen LogP contribution in [0.5, 0.6) is 0 Å². The number of aromatic amines is 1. The Morgan fingerprint density at radius 2 is 2.33 bits per heavy atom. The lowest BCUT2D eigenvalue weighted by Crippen LogP contribution is -2.28. The second kappa shape index (κ2) is 6.21. The number of nitrogens with zero attached hydrogens (tertiary/aromatic N) is 3. The van der Waals surface area contributed by atoms with Crippen LogP contribution in [0.4, 0.5) is 5.69 Å². The topological polar surface area (TPSA) is 106 Å². The van der Waals surface area contributed by atoms with Crippen LogP contribution < -0.4 is 5.32 Å². The predicted octanol–water partition coefficient (Wildman–Crippen LogP) is 1.67. The fraction of sp³-hybridized carbons (Fsp3) is 0.385. The summed E-state index contributed by atoms with van der Waals surface area (Å²) in [7, 11) is 0. The third-order valence-electron chi connectivity index (χ3n) is 3.04. The molecule has 112 valence electrons. The molecular weight excluding hydrogens is 274 g/mol. The Bertz CT molecular complexity index is 630. The Hall–Kier alpha value is -2.64. The van der Waals surface area contributed by atoms with Gasteiger partial charge in [0.25, 0.3) is 11.6 Å². The van der Waals surface area contributed by atoms with Crippen LogP contribution in [0.25, 0.3) is 0 Å². The molecule has 2 heterocycles. The van der Waals surface area contributed by atoms with Gasteiger partial charge < -0.3 is 14.9 Å². The highest BCUT2D eigenvalue weighted by molar-refractivity contribution is 5.93. The molecule has 0 unspecified atom stereocenters. The minimum absolute atomic E-state index is 0.0375. The Kier molecular flexibility index (Phi) is 4.36. The van der Waals surface area contributed by atoms with E-state index in [1.54, 1.807) is 17.0 Å². The fourth-order valence-electron chi connectivity index (χ4n) is 1.99. The number of aromatic nitrogens is 3. The van der Waals surface area contributed by atoms with E-state index in [2.05, 4.69) is 15.3 Å². The van der Waals surface area contributed by atoms with Crippen molar-refractivity contribution in [3.05, 3.63) is 46.3 Å². The third-order valence-corrected chi connectivity index (χ3v) is 3.04. The van der Waals surface area contributed by atoms with Crippen molar-refractivity contribution in [1.82, 2.24) is 19.9 Å². The van der Waals surface area contributed by atoms with Crippen molar-refractivity contribution < 1.29 is 9.72 Å². The van der Waals surface area contributed by atoms with Gasteiger partial charge in [-0.3, -0.25) is 14.9 Å². The highest BCUT2D eigenvalue weighted by atomic mass is 16.6. The van der Waals surface area contributed by atoms with Crippen molar-refractivity contribution in [2.24, 2.45) is 0 Å². The lowest BCUT2D eigenvalue weighted by molar-refractivity contribution is -0.384. The summed E-state index contributed by atoms with van der Waals surface area (Å²) < 4.78 is 1.60. The quantitative estimate of drug-likeness (QED) is 0.623. The van der Waals surface area contributed by atoms with Gasteiger partial charge in [0.1, 0.15) is 11.5 Å². The van der Waals surface area contributed by atoms with Crippen LogP contribution in [0, 0.1) is 10.1 Å². The van der Waals surface area contributed by atoms with Gasteiger partial charge in [-0.15, -0.1) is 0 Å². The Balaban J connectivity index is 2.05. The van der Waals surface area contributed by atoms with Crippen molar-refractivity contribution in [1.29, 1.82) is 0 Å². The predicted molar refractivity (Wildman–Crippen MR) is 76.1 cm³/mol. The minimum atomic E-state index is -0.501. The molecule has 0 bridgehead atoms. The van der Waals surface area contributed by atoms with Crippen LogP contribution in [0.1, 0.15) is 36.2 Å². The van der Waals surface area contributed by atoms with Crippen LogP contribution in [0.2, 0.25) is 0 Å². The normalized spacial score (nSPS) is 10.8. The van der Waals surface area contributed by atoms with Crippen LogP contribution in [0.3, 0.4) is 0 Å². The van der Waals surface area contributed by atoms with E-state index in [9.17, 15) is 14.9 Å². The first-order chi connectivity index (χ1) is 9.99. The molecule has 1 amide bonds. The number of rotatable bonds is 6. The summed E-state index contributed by atoms with van der Waals surface area (Å²) in [5.74, 6) is 0.448. The molecule has 21 heavy (non-hydrogen) atoms. The SMILES string of the molecule is CC(C)n1cc([N+](=O)[O-])cc1C(=O)NCCc1ncc[nH]1.